The molecule has 1 aromatic heterocycles. The summed E-state index contributed by atoms with van der Waals surface area (Å²) in [6.45, 7) is 3.99. The fraction of sp³-hybridized carbons (Fsp3) is 0.412. The second kappa shape index (κ2) is 3.75. The van der Waals surface area contributed by atoms with Crippen LogP contribution in [0.15, 0.2) is 35.4 Å². The summed E-state index contributed by atoms with van der Waals surface area (Å²) >= 11 is 0. The van der Waals surface area contributed by atoms with Crippen LogP contribution in [0.3, 0.4) is 0 Å². The van der Waals surface area contributed by atoms with Crippen LogP contribution in [0.2, 0.25) is 0 Å². The third kappa shape index (κ3) is 1.14. The topological polar surface area (TPSA) is 59.4 Å². The zero-order valence-corrected chi connectivity index (χ0v) is 12.3. The van der Waals surface area contributed by atoms with Crippen molar-refractivity contribution in [2.75, 3.05) is 7.11 Å². The molecule has 0 aliphatic heterocycles. The highest BCUT2D eigenvalue weighted by atomic mass is 16.5. The minimum Gasteiger partial charge on any atom is -0.481 e. The molecule has 1 heterocycles. The van der Waals surface area contributed by atoms with Gasteiger partial charge in [-0.2, -0.15) is 0 Å². The number of allylic oxidation sites excluding steroid dienone is 3. The van der Waals surface area contributed by atoms with Crippen molar-refractivity contribution in [3.05, 3.63) is 46.7 Å². The normalized spacial score (nSPS) is 36.8. The molecule has 0 saturated heterocycles. The Balaban J connectivity index is 2.06. The van der Waals surface area contributed by atoms with Crippen LogP contribution in [0.25, 0.3) is 0 Å². The zero-order chi connectivity index (χ0) is 14.9. The fourth-order valence-corrected chi connectivity index (χ4v) is 4.92. The van der Waals surface area contributed by atoms with Gasteiger partial charge in [0.2, 0.25) is 5.88 Å². The first-order valence-corrected chi connectivity index (χ1v) is 7.21. The molecule has 4 rings (SSSR count). The largest absolute Gasteiger partial charge is 0.481 e. The van der Waals surface area contributed by atoms with Crippen molar-refractivity contribution in [2.24, 2.45) is 11.8 Å². The summed E-state index contributed by atoms with van der Waals surface area (Å²) in [6, 6.07) is 3.66. The average Bonchev–Trinajstić information content (AvgIpc) is 3.06. The van der Waals surface area contributed by atoms with Gasteiger partial charge >= 0.3 is 5.97 Å². The summed E-state index contributed by atoms with van der Waals surface area (Å²) in [5, 5.41) is 10.1. The Morgan fingerprint density at radius 1 is 1.48 bits per heavy atom. The minimum atomic E-state index is -0.919. The third-order valence-electron chi connectivity index (χ3n) is 5.46. The number of hydrogen-bond acceptors (Lipinski definition) is 3. The van der Waals surface area contributed by atoms with Gasteiger partial charge in [0.25, 0.3) is 0 Å². The van der Waals surface area contributed by atoms with E-state index in [4.69, 9.17) is 4.74 Å². The Hall–Kier alpha value is -2.10. The van der Waals surface area contributed by atoms with Crippen molar-refractivity contribution in [3.8, 4) is 5.88 Å². The van der Waals surface area contributed by atoms with Gasteiger partial charge in [0.15, 0.2) is 0 Å². The van der Waals surface area contributed by atoms with E-state index in [2.05, 4.69) is 11.1 Å². The van der Waals surface area contributed by atoms with E-state index >= 15 is 0 Å². The summed E-state index contributed by atoms with van der Waals surface area (Å²) in [5.74, 6) is 0.119. The Morgan fingerprint density at radius 2 is 2.24 bits per heavy atom. The Morgan fingerprint density at radius 3 is 2.86 bits per heavy atom. The van der Waals surface area contributed by atoms with Gasteiger partial charge < -0.3 is 9.84 Å². The van der Waals surface area contributed by atoms with Crippen LogP contribution >= 0.6 is 0 Å². The van der Waals surface area contributed by atoms with E-state index in [1.165, 1.54) is 5.57 Å². The highest BCUT2D eigenvalue weighted by molar-refractivity contribution is 5.92. The fourth-order valence-electron chi connectivity index (χ4n) is 4.92. The van der Waals surface area contributed by atoms with E-state index in [-0.39, 0.29) is 17.8 Å². The van der Waals surface area contributed by atoms with Crippen LogP contribution in [0.5, 0.6) is 5.88 Å². The highest BCUT2D eigenvalue weighted by Gasteiger charge is 2.70. The Bertz CT molecular complexity index is 734. The molecule has 3 aliphatic rings. The van der Waals surface area contributed by atoms with Crippen molar-refractivity contribution in [1.29, 1.82) is 0 Å². The molecular formula is C17H17NO3. The van der Waals surface area contributed by atoms with Crippen molar-refractivity contribution >= 4 is 5.97 Å². The summed E-state index contributed by atoms with van der Waals surface area (Å²) in [5.41, 5.74) is 3.04. The first kappa shape index (κ1) is 12.6. The van der Waals surface area contributed by atoms with Crippen LogP contribution in [0, 0.1) is 11.8 Å². The number of methoxy groups -OCH3 is 1. The number of rotatable bonds is 2. The lowest BCUT2D eigenvalue weighted by atomic mass is 9.66. The van der Waals surface area contributed by atoms with Gasteiger partial charge in [0.05, 0.1) is 12.8 Å². The van der Waals surface area contributed by atoms with Gasteiger partial charge in [-0.05, 0) is 25.0 Å². The number of carboxylic acids is 1. The van der Waals surface area contributed by atoms with Gasteiger partial charge in [-0.3, -0.25) is 4.79 Å². The lowest BCUT2D eigenvalue weighted by Gasteiger charge is -2.35. The number of fused-ring (bicyclic) bond motifs is 2. The van der Waals surface area contributed by atoms with E-state index in [0.29, 0.717) is 5.88 Å². The molecule has 1 aromatic rings. The lowest BCUT2D eigenvalue weighted by Crippen LogP contribution is -2.41. The first-order chi connectivity index (χ1) is 10.1. The number of pyridine rings is 1. The molecule has 1 N–H and O–H groups in total. The maximum atomic E-state index is 12.3. The first-order valence-electron chi connectivity index (χ1n) is 7.21. The van der Waals surface area contributed by atoms with Gasteiger partial charge in [0.1, 0.15) is 5.41 Å². The van der Waals surface area contributed by atoms with Crippen LogP contribution in [-0.4, -0.2) is 23.2 Å². The number of aromatic nitrogens is 1. The second-order valence-electron chi connectivity index (χ2n) is 6.08. The molecular weight excluding hydrogens is 266 g/mol. The van der Waals surface area contributed by atoms with Crippen LogP contribution in [0.4, 0.5) is 0 Å². The van der Waals surface area contributed by atoms with Gasteiger partial charge in [-0.1, -0.05) is 23.8 Å². The summed E-state index contributed by atoms with van der Waals surface area (Å²) in [4.78, 5) is 16.9. The molecule has 1 fully saturated rings. The molecule has 4 atom stereocenters. The zero-order valence-electron chi connectivity index (χ0n) is 12.3. The maximum absolute atomic E-state index is 12.3. The SMILES string of the molecule is C/C=C1\[C@H]2C=C(C)C3C2c2nc(OC)ccc2[C@]13C(=O)O. The molecule has 21 heavy (non-hydrogen) atoms. The summed E-state index contributed by atoms with van der Waals surface area (Å²) in [6.07, 6.45) is 4.21. The van der Waals surface area contributed by atoms with Crippen molar-refractivity contribution in [1.82, 2.24) is 4.98 Å². The van der Waals surface area contributed by atoms with Crippen LogP contribution in [-0.2, 0) is 10.2 Å². The van der Waals surface area contributed by atoms with Gasteiger partial charge in [-0.15, -0.1) is 0 Å². The van der Waals surface area contributed by atoms with Crippen molar-refractivity contribution in [2.45, 2.75) is 25.2 Å². The smallest absolute Gasteiger partial charge is 0.319 e. The molecule has 4 nitrogen and oxygen atoms in total. The van der Waals surface area contributed by atoms with E-state index in [1.54, 1.807) is 13.2 Å². The monoisotopic (exact) mass is 283 g/mol. The summed E-state index contributed by atoms with van der Waals surface area (Å²) in [7, 11) is 1.59. The average molecular weight is 283 g/mol. The quantitative estimate of drug-likeness (QED) is 0.848. The van der Waals surface area contributed by atoms with Crippen LogP contribution in [0.1, 0.15) is 31.0 Å². The molecule has 0 aromatic carbocycles. The molecule has 2 unspecified atom stereocenters. The Kier molecular flexibility index (Phi) is 2.26. The second-order valence-corrected chi connectivity index (χ2v) is 6.08. The molecule has 108 valence electrons. The predicted octanol–water partition coefficient (Wildman–Crippen LogP) is 2.66. The van der Waals surface area contributed by atoms with Crippen LogP contribution < -0.4 is 4.74 Å². The highest BCUT2D eigenvalue weighted by Crippen LogP contribution is 2.71. The summed E-state index contributed by atoms with van der Waals surface area (Å²) < 4.78 is 5.22. The predicted molar refractivity (Wildman–Crippen MR) is 77.3 cm³/mol. The number of carboxylic acid groups (broad SMARTS) is 1. The number of carbonyl (C=O) groups is 1. The van der Waals surface area contributed by atoms with E-state index in [9.17, 15) is 9.90 Å². The number of ether oxygens (including phenoxy) is 1. The number of nitrogens with zero attached hydrogens (tertiary/aromatic N) is 1. The molecule has 3 aliphatic carbocycles. The van der Waals surface area contributed by atoms with E-state index < -0.39 is 11.4 Å². The van der Waals surface area contributed by atoms with E-state index in [1.807, 2.05) is 26.0 Å². The molecule has 4 bridgehead atoms. The standard InChI is InChI=1S/C17H17NO3/c1-4-10-9-7-8(2)14-13(9)15-11(17(10,14)16(19)20)5-6-12(18-15)21-3/h4-7,9,13-14H,1-3H3,(H,19,20)/b10-4+/t9-,13?,14?,17-/m1/s1. The molecule has 0 spiro atoms. The van der Waals surface area contributed by atoms with Gasteiger partial charge in [-0.25, -0.2) is 4.98 Å². The van der Waals surface area contributed by atoms with Crippen molar-refractivity contribution in [3.63, 3.8) is 0 Å². The Labute approximate surface area is 123 Å². The molecule has 1 saturated carbocycles. The molecule has 0 amide bonds. The molecule has 4 heteroatoms. The number of aliphatic carboxylic acids is 1. The minimum absolute atomic E-state index is 0.000746. The third-order valence-corrected chi connectivity index (χ3v) is 5.46. The van der Waals surface area contributed by atoms with Gasteiger partial charge in [0, 0.05) is 23.8 Å². The number of hydrogen-bond donors (Lipinski definition) is 1. The lowest BCUT2D eigenvalue weighted by molar-refractivity contribution is -0.143. The van der Waals surface area contributed by atoms with Crippen molar-refractivity contribution < 1.29 is 14.6 Å². The maximum Gasteiger partial charge on any atom is 0.319 e. The van der Waals surface area contributed by atoms with E-state index in [0.717, 1.165) is 16.8 Å². The molecule has 0 radical (unpaired) electrons.